The molecule has 0 aliphatic rings. The summed E-state index contributed by atoms with van der Waals surface area (Å²) in [5, 5.41) is 8.98. The van der Waals surface area contributed by atoms with Gasteiger partial charge in [-0.1, -0.05) is 37.2 Å². The van der Waals surface area contributed by atoms with Gasteiger partial charge in [0, 0.05) is 23.8 Å². The molecule has 0 fully saturated rings. The van der Waals surface area contributed by atoms with E-state index in [2.05, 4.69) is 17.1 Å². The Labute approximate surface area is 133 Å². The Kier molecular flexibility index (Phi) is 4.29. The highest BCUT2D eigenvalue weighted by molar-refractivity contribution is 7.99. The molecule has 0 aliphatic carbocycles. The molecular weight excluding hydrogens is 296 g/mol. The number of aromatic nitrogens is 4. The average Bonchev–Trinajstić information content (AvgIpc) is 2.92. The zero-order chi connectivity index (χ0) is 15.5. The van der Waals surface area contributed by atoms with E-state index in [1.807, 2.05) is 37.4 Å². The molecule has 0 aliphatic heterocycles. The number of hydrogen-bond donors (Lipinski definition) is 0. The van der Waals surface area contributed by atoms with Crippen molar-refractivity contribution in [2.24, 2.45) is 0 Å². The van der Waals surface area contributed by atoms with Gasteiger partial charge in [0.2, 0.25) is 5.65 Å². The van der Waals surface area contributed by atoms with Crippen molar-refractivity contribution >= 4 is 17.4 Å². The average molecular weight is 314 g/mol. The molecule has 0 amide bonds. The number of fused-ring (bicyclic) bond motifs is 1. The smallest absolute Gasteiger partial charge is 0.280 e. The molecule has 1 aromatic carbocycles. The maximum absolute atomic E-state index is 12.6. The monoisotopic (exact) mass is 314 g/mol. The van der Waals surface area contributed by atoms with Gasteiger partial charge in [-0.3, -0.25) is 13.8 Å². The fourth-order valence-corrected chi connectivity index (χ4v) is 3.25. The number of rotatable bonds is 5. The summed E-state index contributed by atoms with van der Waals surface area (Å²) in [6.07, 6.45) is 5.90. The third-order valence-electron chi connectivity index (χ3n) is 3.45. The molecule has 0 bridgehead atoms. The number of unbranched alkanes of at least 4 members (excludes halogenated alkanes) is 1. The van der Waals surface area contributed by atoms with Crippen LogP contribution in [0, 0.1) is 6.92 Å². The van der Waals surface area contributed by atoms with E-state index in [-0.39, 0.29) is 5.56 Å². The fraction of sp³-hybridized carbons (Fsp3) is 0.312. The summed E-state index contributed by atoms with van der Waals surface area (Å²) in [6, 6.07) is 7.84. The standard InChI is InChI=1S/C16H18N4OS/c1-3-4-10-22-16-18-17-14-15(21)19(8-9-20(14)16)13-7-5-6-12(2)11-13/h5-9,11H,3-4,10H2,1-2H3. The van der Waals surface area contributed by atoms with Crippen LogP contribution in [-0.4, -0.2) is 24.9 Å². The highest BCUT2D eigenvalue weighted by Gasteiger charge is 2.11. The normalized spacial score (nSPS) is 11.2. The van der Waals surface area contributed by atoms with Gasteiger partial charge in [0.15, 0.2) is 5.16 Å². The van der Waals surface area contributed by atoms with E-state index in [9.17, 15) is 4.79 Å². The van der Waals surface area contributed by atoms with E-state index in [0.29, 0.717) is 5.65 Å². The summed E-state index contributed by atoms with van der Waals surface area (Å²) in [5.74, 6) is 0.984. The summed E-state index contributed by atoms with van der Waals surface area (Å²) in [5.41, 5.74) is 2.17. The molecule has 0 spiro atoms. The van der Waals surface area contributed by atoms with Crippen LogP contribution >= 0.6 is 11.8 Å². The van der Waals surface area contributed by atoms with E-state index in [0.717, 1.165) is 35.0 Å². The molecule has 22 heavy (non-hydrogen) atoms. The molecule has 6 heteroatoms. The molecule has 114 valence electrons. The van der Waals surface area contributed by atoms with Crippen LogP contribution in [0.3, 0.4) is 0 Å². The lowest BCUT2D eigenvalue weighted by atomic mass is 10.2. The number of hydrogen-bond acceptors (Lipinski definition) is 4. The van der Waals surface area contributed by atoms with Crippen LogP contribution in [0.2, 0.25) is 0 Å². The summed E-state index contributed by atoms with van der Waals surface area (Å²) >= 11 is 1.64. The van der Waals surface area contributed by atoms with Crippen molar-refractivity contribution < 1.29 is 0 Å². The Morgan fingerprint density at radius 3 is 2.86 bits per heavy atom. The predicted octanol–water partition coefficient (Wildman–Crippen LogP) is 3.08. The van der Waals surface area contributed by atoms with Crippen molar-refractivity contribution in [1.82, 2.24) is 19.2 Å². The Bertz CT molecular complexity index is 853. The Morgan fingerprint density at radius 1 is 1.23 bits per heavy atom. The van der Waals surface area contributed by atoms with Crippen LogP contribution in [0.5, 0.6) is 0 Å². The van der Waals surface area contributed by atoms with Crippen molar-refractivity contribution in [2.75, 3.05) is 5.75 Å². The number of thioether (sulfide) groups is 1. The van der Waals surface area contributed by atoms with Gasteiger partial charge in [-0.15, -0.1) is 10.2 Å². The first kappa shape index (κ1) is 14.8. The lowest BCUT2D eigenvalue weighted by molar-refractivity contribution is 0.872. The van der Waals surface area contributed by atoms with Crippen molar-refractivity contribution in [3.05, 3.63) is 52.6 Å². The highest BCUT2D eigenvalue weighted by Crippen LogP contribution is 2.17. The molecule has 0 saturated carbocycles. The third kappa shape index (κ3) is 2.78. The second-order valence-electron chi connectivity index (χ2n) is 5.19. The Morgan fingerprint density at radius 2 is 2.09 bits per heavy atom. The molecule has 5 nitrogen and oxygen atoms in total. The van der Waals surface area contributed by atoms with Crippen molar-refractivity contribution in [3.8, 4) is 5.69 Å². The van der Waals surface area contributed by atoms with Gasteiger partial charge in [0.25, 0.3) is 0 Å². The van der Waals surface area contributed by atoms with Crippen LogP contribution < -0.4 is 5.56 Å². The SMILES string of the molecule is CCCCSc1nnc2c(=O)n(-c3cccc(C)c3)ccn12. The highest BCUT2D eigenvalue weighted by atomic mass is 32.2. The number of nitrogens with zero attached hydrogens (tertiary/aromatic N) is 4. The van der Waals surface area contributed by atoms with Crippen LogP contribution in [0.1, 0.15) is 25.3 Å². The molecule has 0 saturated heterocycles. The molecule has 2 heterocycles. The first-order chi connectivity index (χ1) is 10.7. The zero-order valence-corrected chi connectivity index (χ0v) is 13.5. The molecule has 0 radical (unpaired) electrons. The molecule has 0 atom stereocenters. The minimum absolute atomic E-state index is 0.150. The van der Waals surface area contributed by atoms with Crippen LogP contribution in [0.4, 0.5) is 0 Å². The van der Waals surface area contributed by atoms with Gasteiger partial charge in [0.05, 0.1) is 0 Å². The zero-order valence-electron chi connectivity index (χ0n) is 12.7. The first-order valence-corrected chi connectivity index (χ1v) is 8.35. The predicted molar refractivity (Wildman–Crippen MR) is 89.0 cm³/mol. The Hall–Kier alpha value is -2.08. The van der Waals surface area contributed by atoms with Crippen molar-refractivity contribution in [2.45, 2.75) is 31.8 Å². The maximum atomic E-state index is 12.6. The van der Waals surface area contributed by atoms with Gasteiger partial charge >= 0.3 is 5.56 Å². The minimum Gasteiger partial charge on any atom is -0.280 e. The fourth-order valence-electron chi connectivity index (χ4n) is 2.25. The molecule has 0 unspecified atom stereocenters. The molecule has 2 aromatic heterocycles. The van der Waals surface area contributed by atoms with Crippen molar-refractivity contribution in [1.29, 1.82) is 0 Å². The van der Waals surface area contributed by atoms with Gasteiger partial charge < -0.3 is 0 Å². The van der Waals surface area contributed by atoms with Crippen LogP contribution in [0.15, 0.2) is 46.6 Å². The summed E-state index contributed by atoms with van der Waals surface area (Å²) in [4.78, 5) is 12.6. The quantitative estimate of drug-likeness (QED) is 0.536. The van der Waals surface area contributed by atoms with Gasteiger partial charge in [-0.05, 0) is 31.0 Å². The maximum Gasteiger partial charge on any atom is 0.300 e. The van der Waals surface area contributed by atoms with Crippen LogP contribution in [-0.2, 0) is 0 Å². The lowest BCUT2D eigenvalue weighted by Crippen LogP contribution is -2.20. The second-order valence-corrected chi connectivity index (χ2v) is 6.25. The van der Waals surface area contributed by atoms with Gasteiger partial charge in [0.1, 0.15) is 0 Å². The molecule has 3 rings (SSSR count). The summed E-state index contributed by atoms with van der Waals surface area (Å²) < 4.78 is 3.38. The largest absolute Gasteiger partial charge is 0.300 e. The van der Waals surface area contributed by atoms with Gasteiger partial charge in [-0.2, -0.15) is 0 Å². The van der Waals surface area contributed by atoms with E-state index in [4.69, 9.17) is 0 Å². The van der Waals surface area contributed by atoms with E-state index >= 15 is 0 Å². The molecular formula is C16H18N4OS. The first-order valence-electron chi connectivity index (χ1n) is 7.37. The van der Waals surface area contributed by atoms with E-state index < -0.39 is 0 Å². The molecule has 3 aromatic rings. The van der Waals surface area contributed by atoms with Crippen molar-refractivity contribution in [3.63, 3.8) is 0 Å². The topological polar surface area (TPSA) is 52.2 Å². The number of aryl methyl sites for hydroxylation is 1. The second kappa shape index (κ2) is 6.36. The van der Waals surface area contributed by atoms with E-state index in [1.165, 1.54) is 0 Å². The van der Waals surface area contributed by atoms with Crippen LogP contribution in [0.25, 0.3) is 11.3 Å². The molecule has 0 N–H and O–H groups in total. The Balaban J connectivity index is 2.02. The minimum atomic E-state index is -0.150. The van der Waals surface area contributed by atoms with E-state index in [1.54, 1.807) is 26.9 Å². The lowest BCUT2D eigenvalue weighted by Gasteiger charge is -2.07. The van der Waals surface area contributed by atoms with Gasteiger partial charge in [-0.25, -0.2) is 0 Å². The summed E-state index contributed by atoms with van der Waals surface area (Å²) in [7, 11) is 0. The summed E-state index contributed by atoms with van der Waals surface area (Å²) in [6.45, 7) is 4.16. The number of benzene rings is 1. The third-order valence-corrected chi connectivity index (χ3v) is 4.48.